The maximum atomic E-state index is 3.75. The second-order valence-electron chi connectivity index (χ2n) is 8.08. The van der Waals surface area contributed by atoms with E-state index in [4.69, 9.17) is 0 Å². The molecule has 0 aromatic heterocycles. The fraction of sp³-hybridized carbons (Fsp3) is 1.00. The molecule has 2 aliphatic heterocycles. The van der Waals surface area contributed by atoms with E-state index in [1.165, 1.54) is 51.7 Å². The van der Waals surface area contributed by atoms with Crippen LogP contribution in [0.25, 0.3) is 0 Å². The van der Waals surface area contributed by atoms with Crippen LogP contribution in [0, 0.1) is 5.41 Å². The number of hydrogen-bond acceptors (Lipinski definition) is 3. The van der Waals surface area contributed by atoms with Crippen molar-refractivity contribution >= 4 is 0 Å². The van der Waals surface area contributed by atoms with E-state index in [-0.39, 0.29) is 0 Å². The van der Waals surface area contributed by atoms with Crippen molar-refractivity contribution in [2.45, 2.75) is 71.0 Å². The summed E-state index contributed by atoms with van der Waals surface area (Å²) in [5.74, 6) is 0. The molecule has 2 fully saturated rings. The molecule has 2 heterocycles. The molecule has 1 N–H and O–H groups in total. The zero-order chi connectivity index (χ0) is 14.8. The van der Waals surface area contributed by atoms with Crippen molar-refractivity contribution in [2.75, 3.05) is 33.7 Å². The largest absolute Gasteiger partial charge is 0.314 e. The summed E-state index contributed by atoms with van der Waals surface area (Å²) in [5, 5.41) is 3.75. The standard InChI is InChI=1S/C17H35N3/c1-6-9-18-14-10-15-7-8-16(11-14)20(15)13-17(2,3)12-19(4)5/h14-16,18H,6-13H2,1-5H3. The van der Waals surface area contributed by atoms with Gasteiger partial charge in [-0.15, -0.1) is 0 Å². The molecule has 2 bridgehead atoms. The Morgan fingerprint density at radius 3 is 2.25 bits per heavy atom. The fourth-order valence-electron chi connectivity index (χ4n) is 4.45. The molecule has 3 heteroatoms. The van der Waals surface area contributed by atoms with E-state index in [0.717, 1.165) is 18.1 Å². The zero-order valence-corrected chi connectivity index (χ0v) is 14.3. The maximum Gasteiger partial charge on any atom is 0.0114 e. The van der Waals surface area contributed by atoms with Crippen LogP contribution in [0.2, 0.25) is 0 Å². The molecule has 2 unspecified atom stereocenters. The predicted molar refractivity (Wildman–Crippen MR) is 87.2 cm³/mol. The average Bonchev–Trinajstić information content (AvgIpc) is 2.59. The van der Waals surface area contributed by atoms with Crippen LogP contribution >= 0.6 is 0 Å². The van der Waals surface area contributed by atoms with Crippen LogP contribution in [0.1, 0.15) is 52.9 Å². The van der Waals surface area contributed by atoms with Crippen molar-refractivity contribution in [2.24, 2.45) is 5.41 Å². The first-order chi connectivity index (χ1) is 9.41. The first kappa shape index (κ1) is 16.3. The van der Waals surface area contributed by atoms with Crippen molar-refractivity contribution in [1.82, 2.24) is 15.1 Å². The normalized spacial score (nSPS) is 31.2. The van der Waals surface area contributed by atoms with E-state index in [1.807, 2.05) is 0 Å². The Balaban J connectivity index is 1.89. The average molecular weight is 281 g/mol. The van der Waals surface area contributed by atoms with Crippen molar-refractivity contribution in [1.29, 1.82) is 0 Å². The minimum Gasteiger partial charge on any atom is -0.314 e. The van der Waals surface area contributed by atoms with Crippen molar-refractivity contribution in [3.05, 3.63) is 0 Å². The van der Waals surface area contributed by atoms with Crippen LogP contribution in [-0.2, 0) is 0 Å². The Bertz CT molecular complexity index is 287. The highest BCUT2D eigenvalue weighted by atomic mass is 15.2. The lowest BCUT2D eigenvalue weighted by Crippen LogP contribution is -2.52. The van der Waals surface area contributed by atoms with Gasteiger partial charge in [0.05, 0.1) is 0 Å². The van der Waals surface area contributed by atoms with E-state index < -0.39 is 0 Å². The van der Waals surface area contributed by atoms with Gasteiger partial charge in [0.25, 0.3) is 0 Å². The molecule has 118 valence electrons. The van der Waals surface area contributed by atoms with Gasteiger partial charge in [-0.05, 0) is 58.2 Å². The molecule has 3 nitrogen and oxygen atoms in total. The Morgan fingerprint density at radius 2 is 1.75 bits per heavy atom. The van der Waals surface area contributed by atoms with Gasteiger partial charge in [-0.1, -0.05) is 20.8 Å². The molecule has 0 saturated carbocycles. The van der Waals surface area contributed by atoms with Gasteiger partial charge in [0.15, 0.2) is 0 Å². The van der Waals surface area contributed by atoms with E-state index in [9.17, 15) is 0 Å². The van der Waals surface area contributed by atoms with E-state index in [2.05, 4.69) is 50.0 Å². The number of hydrogen-bond donors (Lipinski definition) is 1. The van der Waals surface area contributed by atoms with E-state index >= 15 is 0 Å². The molecular formula is C17H35N3. The van der Waals surface area contributed by atoms with Crippen LogP contribution < -0.4 is 5.32 Å². The second kappa shape index (κ2) is 6.76. The number of piperidine rings is 1. The van der Waals surface area contributed by atoms with Gasteiger partial charge in [0.1, 0.15) is 0 Å². The summed E-state index contributed by atoms with van der Waals surface area (Å²) in [7, 11) is 4.38. The number of fused-ring (bicyclic) bond motifs is 2. The van der Waals surface area contributed by atoms with Gasteiger partial charge in [-0.3, -0.25) is 4.90 Å². The highest BCUT2D eigenvalue weighted by Crippen LogP contribution is 2.37. The highest BCUT2D eigenvalue weighted by molar-refractivity contribution is 4.99. The molecule has 20 heavy (non-hydrogen) atoms. The smallest absolute Gasteiger partial charge is 0.0114 e. The lowest BCUT2D eigenvalue weighted by atomic mass is 9.88. The van der Waals surface area contributed by atoms with Crippen LogP contribution in [0.4, 0.5) is 0 Å². The molecule has 0 amide bonds. The quantitative estimate of drug-likeness (QED) is 0.774. The third-order valence-corrected chi connectivity index (χ3v) is 4.92. The summed E-state index contributed by atoms with van der Waals surface area (Å²) in [5.41, 5.74) is 0.397. The van der Waals surface area contributed by atoms with Gasteiger partial charge in [-0.25, -0.2) is 0 Å². The van der Waals surface area contributed by atoms with E-state index in [1.54, 1.807) is 0 Å². The second-order valence-corrected chi connectivity index (χ2v) is 8.08. The zero-order valence-electron chi connectivity index (χ0n) is 14.3. The summed E-state index contributed by atoms with van der Waals surface area (Å²) in [6.45, 7) is 10.7. The van der Waals surface area contributed by atoms with Crippen molar-refractivity contribution < 1.29 is 0 Å². The summed E-state index contributed by atoms with van der Waals surface area (Å²) in [6, 6.07) is 2.45. The predicted octanol–water partition coefficient (Wildman–Crippen LogP) is 2.57. The van der Waals surface area contributed by atoms with Gasteiger partial charge in [-0.2, -0.15) is 0 Å². The molecule has 2 rings (SSSR count). The fourth-order valence-corrected chi connectivity index (χ4v) is 4.45. The lowest BCUT2D eigenvalue weighted by molar-refractivity contribution is 0.0628. The monoisotopic (exact) mass is 281 g/mol. The van der Waals surface area contributed by atoms with Crippen molar-refractivity contribution in [3.8, 4) is 0 Å². The third-order valence-electron chi connectivity index (χ3n) is 4.92. The Kier molecular flexibility index (Phi) is 5.49. The molecule has 2 aliphatic rings. The Hall–Kier alpha value is -0.120. The van der Waals surface area contributed by atoms with Crippen LogP contribution in [-0.4, -0.2) is 61.7 Å². The summed E-state index contributed by atoms with van der Waals surface area (Å²) in [6.07, 6.45) is 6.84. The summed E-state index contributed by atoms with van der Waals surface area (Å²) < 4.78 is 0. The molecule has 0 radical (unpaired) electrons. The molecule has 0 spiro atoms. The van der Waals surface area contributed by atoms with Gasteiger partial charge >= 0.3 is 0 Å². The minimum atomic E-state index is 0.397. The van der Waals surface area contributed by atoms with Crippen LogP contribution in [0.15, 0.2) is 0 Å². The lowest BCUT2D eigenvalue weighted by Gasteiger charge is -2.43. The number of rotatable bonds is 7. The molecule has 2 saturated heterocycles. The number of nitrogens with one attached hydrogen (secondary N) is 1. The SMILES string of the molecule is CCCNC1CC2CCC(C1)N2CC(C)(C)CN(C)C. The first-order valence-corrected chi connectivity index (χ1v) is 8.55. The van der Waals surface area contributed by atoms with Gasteiger partial charge in [0, 0.05) is 31.2 Å². The van der Waals surface area contributed by atoms with Crippen LogP contribution in [0.3, 0.4) is 0 Å². The molecule has 0 aliphatic carbocycles. The molecule has 0 aromatic rings. The van der Waals surface area contributed by atoms with Gasteiger partial charge < -0.3 is 10.2 Å². The highest BCUT2D eigenvalue weighted by Gasteiger charge is 2.42. The Labute approximate surface area is 126 Å². The summed E-state index contributed by atoms with van der Waals surface area (Å²) >= 11 is 0. The van der Waals surface area contributed by atoms with Gasteiger partial charge in [0.2, 0.25) is 0 Å². The maximum absolute atomic E-state index is 3.75. The third kappa shape index (κ3) is 4.19. The molecule has 2 atom stereocenters. The topological polar surface area (TPSA) is 18.5 Å². The minimum absolute atomic E-state index is 0.397. The number of nitrogens with zero attached hydrogens (tertiary/aromatic N) is 2. The van der Waals surface area contributed by atoms with E-state index in [0.29, 0.717) is 5.41 Å². The molecule has 0 aromatic carbocycles. The first-order valence-electron chi connectivity index (χ1n) is 8.55. The van der Waals surface area contributed by atoms with Crippen molar-refractivity contribution in [3.63, 3.8) is 0 Å². The molecular weight excluding hydrogens is 246 g/mol. The summed E-state index contributed by atoms with van der Waals surface area (Å²) in [4.78, 5) is 5.17. The Morgan fingerprint density at radius 1 is 1.15 bits per heavy atom. The van der Waals surface area contributed by atoms with Crippen LogP contribution in [0.5, 0.6) is 0 Å².